The molecule has 0 radical (unpaired) electrons. The van der Waals surface area contributed by atoms with Crippen molar-refractivity contribution in [2.24, 2.45) is 0 Å². The topological polar surface area (TPSA) is 88.2 Å². The molecule has 1 aromatic heterocycles. The number of nitrogen functional groups attached to an aromatic ring is 1. The van der Waals surface area contributed by atoms with Crippen LogP contribution in [0.25, 0.3) is 0 Å². The van der Waals surface area contributed by atoms with Crippen LogP contribution in [0.3, 0.4) is 0 Å². The first kappa shape index (κ1) is 13.7. The molecule has 4 N–H and O–H groups in total. The summed E-state index contributed by atoms with van der Waals surface area (Å²) in [5.74, 6) is -2.76. The van der Waals surface area contributed by atoms with Gasteiger partial charge in [-0.05, 0) is 0 Å². The third-order valence-corrected chi connectivity index (χ3v) is 2.79. The van der Waals surface area contributed by atoms with Crippen molar-refractivity contribution in [1.29, 1.82) is 0 Å². The Morgan fingerprint density at radius 1 is 1.53 bits per heavy atom. The van der Waals surface area contributed by atoms with E-state index in [1.54, 1.807) is 11.3 Å². The van der Waals surface area contributed by atoms with Crippen molar-refractivity contribution in [2.75, 3.05) is 12.3 Å². The second-order valence-electron chi connectivity index (χ2n) is 3.15. The number of hydrogen-bond acceptors (Lipinski definition) is 5. The lowest BCUT2D eigenvalue weighted by molar-refractivity contribution is -0.192. The molecular formula is C8H10F3N3O2S. The van der Waals surface area contributed by atoms with Gasteiger partial charge in [0, 0.05) is 24.4 Å². The summed E-state index contributed by atoms with van der Waals surface area (Å²) in [7, 11) is 0. The molecule has 2 heterocycles. The lowest BCUT2D eigenvalue weighted by Gasteiger charge is -2.09. The summed E-state index contributed by atoms with van der Waals surface area (Å²) in [6.45, 7) is 1.99. The Labute approximate surface area is 98.5 Å². The van der Waals surface area contributed by atoms with Crippen LogP contribution in [0.1, 0.15) is 10.6 Å². The molecule has 2 rings (SSSR count). The first-order valence-corrected chi connectivity index (χ1v) is 5.37. The van der Waals surface area contributed by atoms with Gasteiger partial charge in [-0.25, -0.2) is 9.78 Å². The van der Waals surface area contributed by atoms with Crippen LogP contribution in [0.2, 0.25) is 0 Å². The number of thiazole rings is 1. The van der Waals surface area contributed by atoms with Crippen molar-refractivity contribution < 1.29 is 23.1 Å². The number of halogens is 3. The van der Waals surface area contributed by atoms with E-state index >= 15 is 0 Å². The number of rotatable bonds is 0. The Morgan fingerprint density at radius 2 is 2.12 bits per heavy atom. The number of aromatic nitrogens is 1. The van der Waals surface area contributed by atoms with Crippen molar-refractivity contribution in [3.05, 3.63) is 10.6 Å². The Hall–Kier alpha value is -1.35. The molecule has 5 nitrogen and oxygen atoms in total. The summed E-state index contributed by atoms with van der Waals surface area (Å²) in [6.07, 6.45) is -4.05. The van der Waals surface area contributed by atoms with Gasteiger partial charge >= 0.3 is 12.1 Å². The third kappa shape index (κ3) is 4.19. The fourth-order valence-corrected chi connectivity index (χ4v) is 1.99. The number of fused-ring (bicyclic) bond motifs is 1. The Kier molecular flexibility index (Phi) is 4.29. The maximum absolute atomic E-state index is 10.6. The van der Waals surface area contributed by atoms with E-state index in [1.807, 2.05) is 0 Å². The third-order valence-electron chi connectivity index (χ3n) is 1.86. The molecule has 1 aliphatic rings. The summed E-state index contributed by atoms with van der Waals surface area (Å²) in [5.41, 5.74) is 6.73. The zero-order valence-electron chi connectivity index (χ0n) is 8.54. The maximum atomic E-state index is 10.6. The molecule has 1 aliphatic heterocycles. The predicted octanol–water partition coefficient (Wildman–Crippen LogP) is 1.00. The number of alkyl halides is 3. The molecule has 0 fully saturated rings. The monoisotopic (exact) mass is 269 g/mol. The molecule has 9 heteroatoms. The van der Waals surface area contributed by atoms with Crippen LogP contribution in [-0.2, 0) is 17.8 Å². The molecule has 96 valence electrons. The summed E-state index contributed by atoms with van der Waals surface area (Å²) >= 11 is 1.59. The lowest BCUT2D eigenvalue weighted by Crippen LogP contribution is -2.22. The van der Waals surface area contributed by atoms with Crippen LogP contribution >= 0.6 is 11.3 Å². The fraction of sp³-hybridized carbons (Fsp3) is 0.500. The van der Waals surface area contributed by atoms with Crippen LogP contribution in [0.4, 0.5) is 18.3 Å². The van der Waals surface area contributed by atoms with Gasteiger partial charge in [-0.2, -0.15) is 13.2 Å². The van der Waals surface area contributed by atoms with Crippen LogP contribution in [0, 0.1) is 0 Å². The number of nitrogens with one attached hydrogen (secondary N) is 1. The predicted molar refractivity (Wildman–Crippen MR) is 55.6 cm³/mol. The fourth-order valence-electron chi connectivity index (χ4n) is 1.15. The van der Waals surface area contributed by atoms with Gasteiger partial charge in [0.15, 0.2) is 5.13 Å². The van der Waals surface area contributed by atoms with E-state index in [0.29, 0.717) is 5.13 Å². The summed E-state index contributed by atoms with van der Waals surface area (Å²) in [4.78, 5) is 14.4. The molecule has 0 spiro atoms. The van der Waals surface area contributed by atoms with E-state index in [-0.39, 0.29) is 0 Å². The van der Waals surface area contributed by atoms with Crippen molar-refractivity contribution in [1.82, 2.24) is 10.3 Å². The van der Waals surface area contributed by atoms with Gasteiger partial charge in [0.25, 0.3) is 0 Å². The first-order valence-electron chi connectivity index (χ1n) is 4.55. The van der Waals surface area contributed by atoms with Crippen LogP contribution in [0.5, 0.6) is 0 Å². The number of aliphatic carboxylic acids is 1. The molecule has 0 aromatic carbocycles. The van der Waals surface area contributed by atoms with E-state index in [0.717, 1.165) is 19.5 Å². The Balaban J connectivity index is 0.000000185. The molecule has 0 saturated carbocycles. The standard InChI is InChI=1S/C6H9N3S.C2HF3O2/c7-6-9-4-1-2-8-3-5(4)10-6;3-2(4,5)1(6)7/h8H,1-3H2,(H2,7,9);(H,6,7). The highest BCUT2D eigenvalue weighted by molar-refractivity contribution is 7.15. The quantitative estimate of drug-likeness (QED) is 0.654. The maximum Gasteiger partial charge on any atom is 0.490 e. The summed E-state index contributed by atoms with van der Waals surface area (Å²) < 4.78 is 31.7. The van der Waals surface area contributed by atoms with E-state index in [1.165, 1.54) is 10.6 Å². The van der Waals surface area contributed by atoms with E-state index in [4.69, 9.17) is 15.6 Å². The van der Waals surface area contributed by atoms with Crippen molar-refractivity contribution in [3.63, 3.8) is 0 Å². The SMILES string of the molecule is Nc1nc2c(s1)CNCC2.O=C(O)C(F)(F)F. The average molecular weight is 269 g/mol. The van der Waals surface area contributed by atoms with Gasteiger partial charge in [-0.15, -0.1) is 11.3 Å². The highest BCUT2D eigenvalue weighted by Gasteiger charge is 2.38. The number of hydrogen-bond donors (Lipinski definition) is 3. The number of carboxylic acids is 1. The summed E-state index contributed by atoms with van der Waals surface area (Å²) in [5, 5.41) is 11.1. The Bertz CT molecular complexity index is 382. The molecule has 1 aromatic rings. The average Bonchev–Trinajstić information content (AvgIpc) is 2.57. The molecule has 0 bridgehead atoms. The smallest absolute Gasteiger partial charge is 0.475 e. The largest absolute Gasteiger partial charge is 0.490 e. The first-order chi connectivity index (χ1) is 7.80. The minimum atomic E-state index is -5.08. The molecule has 17 heavy (non-hydrogen) atoms. The number of nitrogens with two attached hydrogens (primary N) is 1. The molecule has 0 unspecified atom stereocenters. The van der Waals surface area contributed by atoms with Crippen molar-refractivity contribution in [2.45, 2.75) is 19.1 Å². The van der Waals surface area contributed by atoms with Gasteiger partial charge < -0.3 is 16.2 Å². The second-order valence-corrected chi connectivity index (χ2v) is 4.27. The van der Waals surface area contributed by atoms with Gasteiger partial charge in [-0.3, -0.25) is 0 Å². The zero-order chi connectivity index (χ0) is 13.1. The summed E-state index contributed by atoms with van der Waals surface area (Å²) in [6, 6.07) is 0. The van der Waals surface area contributed by atoms with Gasteiger partial charge in [0.05, 0.1) is 5.69 Å². The normalized spacial score (nSPS) is 14.5. The Morgan fingerprint density at radius 3 is 2.59 bits per heavy atom. The number of nitrogens with zero attached hydrogens (tertiary/aromatic N) is 1. The zero-order valence-corrected chi connectivity index (χ0v) is 9.36. The molecule has 0 aliphatic carbocycles. The van der Waals surface area contributed by atoms with Gasteiger partial charge in [0.2, 0.25) is 0 Å². The van der Waals surface area contributed by atoms with Crippen LogP contribution < -0.4 is 11.1 Å². The van der Waals surface area contributed by atoms with Crippen LogP contribution in [-0.4, -0.2) is 28.8 Å². The van der Waals surface area contributed by atoms with Gasteiger partial charge in [-0.1, -0.05) is 0 Å². The highest BCUT2D eigenvalue weighted by Crippen LogP contribution is 2.22. The second kappa shape index (κ2) is 5.32. The minimum absolute atomic E-state index is 0.703. The molecule has 0 atom stereocenters. The molecule has 0 saturated heterocycles. The minimum Gasteiger partial charge on any atom is -0.475 e. The number of anilines is 1. The van der Waals surface area contributed by atoms with Crippen molar-refractivity contribution in [3.8, 4) is 0 Å². The number of carboxylic acid groups (broad SMARTS) is 1. The van der Waals surface area contributed by atoms with Crippen molar-refractivity contribution >= 4 is 22.4 Å². The van der Waals surface area contributed by atoms with Gasteiger partial charge in [0.1, 0.15) is 0 Å². The van der Waals surface area contributed by atoms with E-state index in [2.05, 4.69) is 10.3 Å². The van der Waals surface area contributed by atoms with Crippen LogP contribution in [0.15, 0.2) is 0 Å². The van der Waals surface area contributed by atoms with E-state index in [9.17, 15) is 13.2 Å². The molecular weight excluding hydrogens is 259 g/mol. The lowest BCUT2D eigenvalue weighted by atomic mass is 10.2. The van der Waals surface area contributed by atoms with E-state index < -0.39 is 12.1 Å². The molecule has 0 amide bonds. The highest BCUT2D eigenvalue weighted by atomic mass is 32.1. The number of carbonyl (C=O) groups is 1.